The smallest absolute Gasteiger partial charge is 0.253 e. The van der Waals surface area contributed by atoms with Crippen molar-refractivity contribution in [2.24, 2.45) is 5.73 Å². The van der Waals surface area contributed by atoms with Crippen molar-refractivity contribution in [3.05, 3.63) is 34.9 Å². The standard InChI is InChI=1S/C15H22N2O/c1-11(10-16)17(2)15(18)14-8-7-12-5-3-4-6-13(12)9-14/h7-9,11H,3-6,10,16H2,1-2H3. The molecule has 2 N–H and O–H groups in total. The van der Waals surface area contributed by atoms with E-state index in [4.69, 9.17) is 5.73 Å². The minimum atomic E-state index is 0.0707. The molecule has 0 aliphatic heterocycles. The van der Waals surface area contributed by atoms with Gasteiger partial charge in [0.2, 0.25) is 0 Å². The van der Waals surface area contributed by atoms with Crippen LogP contribution in [-0.4, -0.2) is 30.4 Å². The summed E-state index contributed by atoms with van der Waals surface area (Å²) < 4.78 is 0. The van der Waals surface area contributed by atoms with Crippen LogP contribution in [0, 0.1) is 0 Å². The van der Waals surface area contributed by atoms with Crippen LogP contribution in [0.1, 0.15) is 41.3 Å². The molecule has 0 bridgehead atoms. The minimum Gasteiger partial charge on any atom is -0.338 e. The summed E-state index contributed by atoms with van der Waals surface area (Å²) in [7, 11) is 1.82. The highest BCUT2D eigenvalue weighted by Crippen LogP contribution is 2.22. The number of likely N-dealkylation sites (N-methyl/N-ethyl adjacent to an activating group) is 1. The zero-order chi connectivity index (χ0) is 13.1. The summed E-state index contributed by atoms with van der Waals surface area (Å²) in [5.74, 6) is 0.0707. The average molecular weight is 246 g/mol. The van der Waals surface area contributed by atoms with Crippen molar-refractivity contribution < 1.29 is 4.79 Å². The Morgan fingerprint density at radius 1 is 1.33 bits per heavy atom. The average Bonchev–Trinajstić information content (AvgIpc) is 2.44. The van der Waals surface area contributed by atoms with Gasteiger partial charge in [0.05, 0.1) is 0 Å². The van der Waals surface area contributed by atoms with Gasteiger partial charge in [0.15, 0.2) is 0 Å². The van der Waals surface area contributed by atoms with Gasteiger partial charge in [0, 0.05) is 25.2 Å². The van der Waals surface area contributed by atoms with Crippen LogP contribution in [0.25, 0.3) is 0 Å². The zero-order valence-electron chi connectivity index (χ0n) is 11.3. The lowest BCUT2D eigenvalue weighted by atomic mass is 9.90. The topological polar surface area (TPSA) is 46.3 Å². The van der Waals surface area contributed by atoms with E-state index in [1.165, 1.54) is 24.0 Å². The molecular formula is C15H22N2O. The molecule has 0 spiro atoms. The molecule has 1 unspecified atom stereocenters. The first-order valence-electron chi connectivity index (χ1n) is 6.72. The third-order valence-corrected chi connectivity index (χ3v) is 3.92. The van der Waals surface area contributed by atoms with Gasteiger partial charge in [-0.25, -0.2) is 0 Å². The Labute approximate surface area is 109 Å². The predicted molar refractivity (Wildman–Crippen MR) is 73.7 cm³/mol. The van der Waals surface area contributed by atoms with Gasteiger partial charge in [-0.05, 0) is 55.9 Å². The second-order valence-corrected chi connectivity index (χ2v) is 5.19. The van der Waals surface area contributed by atoms with Crippen molar-refractivity contribution in [1.82, 2.24) is 4.90 Å². The number of carbonyl (C=O) groups excluding carboxylic acids is 1. The monoisotopic (exact) mass is 246 g/mol. The van der Waals surface area contributed by atoms with Gasteiger partial charge >= 0.3 is 0 Å². The number of hydrogen-bond donors (Lipinski definition) is 1. The van der Waals surface area contributed by atoms with Gasteiger partial charge in [0.1, 0.15) is 0 Å². The summed E-state index contributed by atoms with van der Waals surface area (Å²) in [5, 5.41) is 0. The summed E-state index contributed by atoms with van der Waals surface area (Å²) in [6, 6.07) is 6.21. The van der Waals surface area contributed by atoms with Gasteiger partial charge in [-0.1, -0.05) is 6.07 Å². The Morgan fingerprint density at radius 2 is 2.00 bits per heavy atom. The predicted octanol–water partition coefficient (Wildman–Crippen LogP) is 1.98. The van der Waals surface area contributed by atoms with Crippen molar-refractivity contribution in [3.63, 3.8) is 0 Å². The molecule has 0 aromatic heterocycles. The van der Waals surface area contributed by atoms with Crippen LogP contribution in [0.2, 0.25) is 0 Å². The molecule has 0 saturated carbocycles. The van der Waals surface area contributed by atoms with Crippen LogP contribution in [-0.2, 0) is 12.8 Å². The SMILES string of the molecule is CC(CN)N(C)C(=O)c1ccc2c(c1)CCCC2. The highest BCUT2D eigenvalue weighted by atomic mass is 16.2. The van der Waals surface area contributed by atoms with Crippen LogP contribution in [0.3, 0.4) is 0 Å². The highest BCUT2D eigenvalue weighted by Gasteiger charge is 2.18. The minimum absolute atomic E-state index is 0.0707. The summed E-state index contributed by atoms with van der Waals surface area (Å²) in [6.07, 6.45) is 4.76. The molecular weight excluding hydrogens is 224 g/mol. The molecule has 1 amide bonds. The van der Waals surface area contributed by atoms with Gasteiger partial charge in [-0.2, -0.15) is 0 Å². The van der Waals surface area contributed by atoms with Crippen molar-refractivity contribution in [2.75, 3.05) is 13.6 Å². The lowest BCUT2D eigenvalue weighted by molar-refractivity contribution is 0.0748. The number of aryl methyl sites for hydroxylation is 2. The third kappa shape index (κ3) is 2.56. The molecule has 18 heavy (non-hydrogen) atoms. The first kappa shape index (κ1) is 13.1. The summed E-state index contributed by atoms with van der Waals surface area (Å²) in [5.41, 5.74) is 9.15. The molecule has 0 heterocycles. The first-order valence-corrected chi connectivity index (χ1v) is 6.72. The Balaban J connectivity index is 2.20. The summed E-state index contributed by atoms with van der Waals surface area (Å²) in [4.78, 5) is 14.0. The molecule has 0 fully saturated rings. The van der Waals surface area contributed by atoms with E-state index in [0.717, 1.165) is 18.4 Å². The number of rotatable bonds is 3. The van der Waals surface area contributed by atoms with E-state index in [2.05, 4.69) is 12.1 Å². The van der Waals surface area contributed by atoms with Gasteiger partial charge < -0.3 is 10.6 Å². The number of nitrogens with zero attached hydrogens (tertiary/aromatic N) is 1. The largest absolute Gasteiger partial charge is 0.338 e. The van der Waals surface area contributed by atoms with Crippen LogP contribution in [0.4, 0.5) is 0 Å². The molecule has 2 rings (SSSR count). The van der Waals surface area contributed by atoms with Gasteiger partial charge in [-0.15, -0.1) is 0 Å². The normalized spacial score (nSPS) is 15.9. The maximum absolute atomic E-state index is 12.3. The Kier molecular flexibility index (Phi) is 4.02. The molecule has 3 heteroatoms. The highest BCUT2D eigenvalue weighted by molar-refractivity contribution is 5.94. The van der Waals surface area contributed by atoms with Crippen LogP contribution in [0.15, 0.2) is 18.2 Å². The first-order chi connectivity index (χ1) is 8.63. The lowest BCUT2D eigenvalue weighted by Gasteiger charge is -2.24. The maximum Gasteiger partial charge on any atom is 0.253 e. The Morgan fingerprint density at radius 3 is 2.67 bits per heavy atom. The van der Waals surface area contributed by atoms with E-state index in [1.54, 1.807) is 4.90 Å². The fourth-order valence-corrected chi connectivity index (χ4v) is 2.43. The van der Waals surface area contributed by atoms with E-state index < -0.39 is 0 Å². The Hall–Kier alpha value is -1.35. The Bertz CT molecular complexity index is 442. The number of fused-ring (bicyclic) bond motifs is 1. The van der Waals surface area contributed by atoms with E-state index >= 15 is 0 Å². The van der Waals surface area contributed by atoms with Crippen LogP contribution in [0.5, 0.6) is 0 Å². The zero-order valence-corrected chi connectivity index (χ0v) is 11.3. The van der Waals surface area contributed by atoms with E-state index in [9.17, 15) is 4.79 Å². The van der Waals surface area contributed by atoms with Crippen molar-refractivity contribution in [2.45, 2.75) is 38.6 Å². The second kappa shape index (κ2) is 5.53. The quantitative estimate of drug-likeness (QED) is 0.886. The van der Waals surface area contributed by atoms with E-state index in [0.29, 0.717) is 6.54 Å². The number of hydrogen-bond acceptors (Lipinski definition) is 2. The molecule has 1 aromatic rings. The van der Waals surface area contributed by atoms with Crippen molar-refractivity contribution in [3.8, 4) is 0 Å². The summed E-state index contributed by atoms with van der Waals surface area (Å²) in [6.45, 7) is 2.46. The molecule has 1 aliphatic rings. The van der Waals surface area contributed by atoms with Crippen molar-refractivity contribution in [1.29, 1.82) is 0 Å². The number of nitrogens with two attached hydrogens (primary N) is 1. The van der Waals surface area contributed by atoms with Crippen LogP contribution < -0.4 is 5.73 Å². The number of carbonyl (C=O) groups is 1. The molecule has 0 radical (unpaired) electrons. The molecule has 98 valence electrons. The molecule has 1 aromatic carbocycles. The van der Waals surface area contributed by atoms with Gasteiger partial charge in [-0.3, -0.25) is 4.79 Å². The van der Waals surface area contributed by atoms with Crippen molar-refractivity contribution >= 4 is 5.91 Å². The summed E-state index contributed by atoms with van der Waals surface area (Å²) >= 11 is 0. The fourth-order valence-electron chi connectivity index (χ4n) is 2.43. The van der Waals surface area contributed by atoms with Gasteiger partial charge in [0.25, 0.3) is 5.91 Å². The molecule has 3 nitrogen and oxygen atoms in total. The lowest BCUT2D eigenvalue weighted by Crippen LogP contribution is -2.39. The third-order valence-electron chi connectivity index (χ3n) is 3.92. The second-order valence-electron chi connectivity index (χ2n) is 5.19. The maximum atomic E-state index is 12.3. The molecule has 1 aliphatic carbocycles. The molecule has 0 saturated heterocycles. The number of amides is 1. The van der Waals surface area contributed by atoms with Crippen LogP contribution >= 0.6 is 0 Å². The van der Waals surface area contributed by atoms with E-state index in [-0.39, 0.29) is 11.9 Å². The molecule has 1 atom stereocenters. The number of benzene rings is 1. The fraction of sp³-hybridized carbons (Fsp3) is 0.533. The van der Waals surface area contributed by atoms with E-state index in [1.807, 2.05) is 20.0 Å².